The monoisotopic (exact) mass is 520 g/mol. The molecule has 0 bridgehead atoms. The molecular weight excluding hydrogens is 476 g/mol. The molecule has 2 aliphatic heterocycles. The van der Waals surface area contributed by atoms with Gasteiger partial charge in [0.25, 0.3) is 0 Å². The predicted octanol–water partition coefficient (Wildman–Crippen LogP) is 5.71. The van der Waals surface area contributed by atoms with Crippen LogP contribution >= 0.6 is 11.8 Å². The Morgan fingerprint density at radius 2 is 1.80 bits per heavy atom. The molecule has 1 N–H and O–H groups in total. The van der Waals surface area contributed by atoms with Gasteiger partial charge < -0.3 is 18.9 Å². The maximum Gasteiger partial charge on any atom is 0.407 e. The number of hydrogen-bond donors (Lipinski definition) is 1. The number of nitrogens with zero attached hydrogens (tertiary/aromatic N) is 1. The SMILES string of the molecule is C[Si]1(CCCSCCCNC(=O)OC2CCCN(Cc3ccccc3)C2)OC2CCCCCC2O1. The van der Waals surface area contributed by atoms with Crippen LogP contribution in [-0.4, -0.2) is 69.0 Å². The zero-order chi connectivity index (χ0) is 24.3. The third-order valence-corrected chi connectivity index (χ3v) is 11.4. The van der Waals surface area contributed by atoms with E-state index < -0.39 is 8.56 Å². The Balaban J connectivity index is 1.01. The fourth-order valence-corrected chi connectivity index (χ4v) is 9.63. The summed E-state index contributed by atoms with van der Waals surface area (Å²) in [5.41, 5.74) is 1.31. The summed E-state index contributed by atoms with van der Waals surface area (Å²) in [4.78, 5) is 14.6. The highest BCUT2D eigenvalue weighted by atomic mass is 32.2. The molecule has 35 heavy (non-hydrogen) atoms. The molecule has 2 saturated heterocycles. The predicted molar refractivity (Wildman–Crippen MR) is 145 cm³/mol. The number of carbonyl (C=O) groups is 1. The molecule has 196 valence electrons. The third kappa shape index (κ3) is 9.08. The Morgan fingerprint density at radius 3 is 2.57 bits per heavy atom. The largest absolute Gasteiger partial charge is 0.445 e. The normalized spacial score (nSPS) is 29.3. The van der Waals surface area contributed by atoms with Gasteiger partial charge in [-0.25, -0.2) is 4.79 Å². The van der Waals surface area contributed by atoms with Crippen molar-refractivity contribution in [2.75, 3.05) is 31.1 Å². The molecule has 1 aliphatic carbocycles. The minimum Gasteiger partial charge on any atom is -0.445 e. The molecule has 2 heterocycles. The quantitative estimate of drug-likeness (QED) is 0.298. The Hall–Kier alpha value is -1.06. The molecule has 0 radical (unpaired) electrons. The maximum absolute atomic E-state index is 12.2. The number of amides is 1. The molecule has 1 aromatic carbocycles. The zero-order valence-electron chi connectivity index (χ0n) is 21.4. The van der Waals surface area contributed by atoms with E-state index >= 15 is 0 Å². The summed E-state index contributed by atoms with van der Waals surface area (Å²) in [7, 11) is -1.97. The van der Waals surface area contributed by atoms with Crippen LogP contribution in [0.25, 0.3) is 0 Å². The average Bonchev–Trinajstić information content (AvgIpc) is 3.01. The van der Waals surface area contributed by atoms with E-state index in [4.69, 9.17) is 13.6 Å². The topological polar surface area (TPSA) is 60.0 Å². The zero-order valence-corrected chi connectivity index (χ0v) is 23.2. The Bertz CT molecular complexity index is 757. The molecule has 1 aromatic rings. The summed E-state index contributed by atoms with van der Waals surface area (Å²) < 4.78 is 18.6. The first-order valence-corrected chi connectivity index (χ1v) is 17.4. The van der Waals surface area contributed by atoms with Gasteiger partial charge in [0, 0.05) is 19.6 Å². The number of alkyl carbamates (subject to hydrolysis) is 1. The summed E-state index contributed by atoms with van der Waals surface area (Å²) in [6.45, 7) is 5.73. The van der Waals surface area contributed by atoms with Gasteiger partial charge >= 0.3 is 14.7 Å². The number of rotatable bonds is 11. The molecule has 0 spiro atoms. The lowest BCUT2D eigenvalue weighted by atomic mass is 10.1. The highest BCUT2D eigenvalue weighted by Gasteiger charge is 2.46. The van der Waals surface area contributed by atoms with E-state index in [1.54, 1.807) is 0 Å². The number of benzene rings is 1. The standard InChI is InChI=1S/C27H44N2O4SSi/c1-35(32-25-14-6-3-7-15-26(25)33-35)20-10-19-34-18-9-16-28-27(30)31-24-13-8-17-29(22-24)21-23-11-4-2-5-12-23/h2,4-5,11-12,24-26H,3,6-10,13-22H2,1H3,(H,28,30). The Morgan fingerprint density at radius 1 is 1.06 bits per heavy atom. The van der Waals surface area contributed by atoms with Crippen molar-refractivity contribution >= 4 is 26.4 Å². The van der Waals surface area contributed by atoms with Crippen molar-refractivity contribution < 1.29 is 18.4 Å². The second kappa shape index (κ2) is 14.0. The lowest BCUT2D eigenvalue weighted by molar-refractivity contribution is 0.0398. The summed E-state index contributed by atoms with van der Waals surface area (Å²) in [5, 5.41) is 2.94. The van der Waals surface area contributed by atoms with Gasteiger partial charge in [0.05, 0.1) is 12.2 Å². The van der Waals surface area contributed by atoms with Gasteiger partial charge in [-0.3, -0.25) is 4.90 Å². The molecule has 0 aromatic heterocycles. The Kier molecular flexibility index (Phi) is 10.8. The van der Waals surface area contributed by atoms with E-state index in [9.17, 15) is 4.79 Å². The van der Waals surface area contributed by atoms with Crippen LogP contribution < -0.4 is 5.32 Å². The van der Waals surface area contributed by atoms with Crippen molar-refractivity contribution in [1.29, 1.82) is 0 Å². The lowest BCUT2D eigenvalue weighted by Crippen LogP contribution is -2.41. The van der Waals surface area contributed by atoms with E-state index in [0.29, 0.717) is 18.8 Å². The van der Waals surface area contributed by atoms with Gasteiger partial charge in [0.1, 0.15) is 6.10 Å². The summed E-state index contributed by atoms with van der Waals surface area (Å²) in [6, 6.07) is 11.6. The molecular formula is C27H44N2O4SSi. The fraction of sp³-hybridized carbons (Fsp3) is 0.741. The average molecular weight is 521 g/mol. The number of thioether (sulfide) groups is 1. The molecule has 3 aliphatic rings. The number of fused-ring (bicyclic) bond motifs is 1. The van der Waals surface area contributed by atoms with Gasteiger partial charge in [0.15, 0.2) is 0 Å². The lowest BCUT2D eigenvalue weighted by Gasteiger charge is -2.32. The second-order valence-electron chi connectivity index (χ2n) is 10.5. The Labute approximate surface area is 217 Å². The minimum atomic E-state index is -1.97. The minimum absolute atomic E-state index is 0.0133. The van der Waals surface area contributed by atoms with E-state index in [1.165, 1.54) is 37.7 Å². The van der Waals surface area contributed by atoms with Crippen LogP contribution in [0.3, 0.4) is 0 Å². The van der Waals surface area contributed by atoms with Gasteiger partial charge in [-0.1, -0.05) is 49.6 Å². The summed E-state index contributed by atoms with van der Waals surface area (Å²) in [5.74, 6) is 2.19. The van der Waals surface area contributed by atoms with Crippen molar-refractivity contribution in [3.63, 3.8) is 0 Å². The molecule has 3 unspecified atom stereocenters. The number of hydrogen-bond acceptors (Lipinski definition) is 6. The van der Waals surface area contributed by atoms with Gasteiger partial charge in [-0.2, -0.15) is 11.8 Å². The van der Waals surface area contributed by atoms with E-state index in [2.05, 4.69) is 41.0 Å². The first kappa shape index (κ1) is 27.0. The summed E-state index contributed by atoms with van der Waals surface area (Å²) in [6.07, 6.45) is 10.9. The van der Waals surface area contributed by atoms with Crippen LogP contribution in [-0.2, 0) is 20.1 Å². The number of nitrogens with one attached hydrogen (secondary N) is 1. The van der Waals surface area contributed by atoms with Crippen LogP contribution in [0.15, 0.2) is 30.3 Å². The molecule has 4 rings (SSSR count). The molecule has 1 saturated carbocycles. The van der Waals surface area contributed by atoms with Gasteiger partial charge in [0.2, 0.25) is 0 Å². The smallest absolute Gasteiger partial charge is 0.407 e. The van der Waals surface area contributed by atoms with Crippen LogP contribution in [0.2, 0.25) is 12.6 Å². The first-order chi connectivity index (χ1) is 17.1. The number of ether oxygens (including phenoxy) is 1. The van der Waals surface area contributed by atoms with Crippen molar-refractivity contribution in [3.05, 3.63) is 35.9 Å². The first-order valence-electron chi connectivity index (χ1n) is 13.7. The second-order valence-corrected chi connectivity index (χ2v) is 14.9. The van der Waals surface area contributed by atoms with E-state index in [1.807, 2.05) is 17.8 Å². The molecule has 6 nitrogen and oxygen atoms in total. The summed E-state index contributed by atoms with van der Waals surface area (Å²) >= 11 is 1.96. The van der Waals surface area contributed by atoms with Crippen molar-refractivity contribution in [3.8, 4) is 0 Å². The van der Waals surface area contributed by atoms with Gasteiger partial charge in [-0.05, 0) is 74.7 Å². The fourth-order valence-electron chi connectivity index (χ4n) is 5.54. The van der Waals surface area contributed by atoms with Crippen LogP contribution in [0.5, 0.6) is 0 Å². The maximum atomic E-state index is 12.2. The number of piperidine rings is 1. The highest BCUT2D eigenvalue weighted by Crippen LogP contribution is 2.36. The van der Waals surface area contributed by atoms with Crippen LogP contribution in [0, 0.1) is 0 Å². The van der Waals surface area contributed by atoms with Gasteiger partial charge in [-0.15, -0.1) is 0 Å². The van der Waals surface area contributed by atoms with Crippen molar-refractivity contribution in [1.82, 2.24) is 10.2 Å². The molecule has 3 atom stereocenters. The van der Waals surface area contributed by atoms with E-state index in [0.717, 1.165) is 62.9 Å². The van der Waals surface area contributed by atoms with Crippen LogP contribution in [0.4, 0.5) is 4.79 Å². The van der Waals surface area contributed by atoms with E-state index in [-0.39, 0.29) is 12.2 Å². The highest BCUT2D eigenvalue weighted by molar-refractivity contribution is 7.99. The third-order valence-electron chi connectivity index (χ3n) is 7.33. The van der Waals surface area contributed by atoms with Crippen molar-refractivity contribution in [2.45, 2.75) is 95.2 Å². The molecule has 1 amide bonds. The van der Waals surface area contributed by atoms with Crippen LogP contribution in [0.1, 0.15) is 63.4 Å². The number of likely N-dealkylation sites (tertiary alicyclic amines) is 1. The number of carbonyl (C=O) groups excluding carboxylic acids is 1. The molecule has 3 fully saturated rings. The van der Waals surface area contributed by atoms with Crippen molar-refractivity contribution in [2.24, 2.45) is 0 Å². The molecule has 8 heteroatoms.